The molecule has 0 radical (unpaired) electrons. The number of nitrogens with zero attached hydrogens (tertiary/aromatic N) is 3. The molecule has 1 unspecified atom stereocenters. The van der Waals surface area contributed by atoms with Gasteiger partial charge in [0.2, 0.25) is 0 Å². The van der Waals surface area contributed by atoms with Crippen LogP contribution in [0.3, 0.4) is 0 Å². The number of benzene rings is 2. The summed E-state index contributed by atoms with van der Waals surface area (Å²) >= 11 is 0. The molecule has 2 amide bonds. The number of likely N-dealkylation sites (tertiary alicyclic amines) is 1. The van der Waals surface area contributed by atoms with Crippen LogP contribution in [-0.2, 0) is 19.9 Å². The standard InChI is InChI=1S/C26H27N3O6/c1-4-28-18-8-6-5-7-17(18)26(25(28)33)21(23(31)24(32)29(26)12-11-27(2)3)22(30)16-9-10-19-20(15-16)35-14-13-34-19/h5-10,15,30H,4,11-14H2,1-3H3/b22-21-. The normalized spacial score (nSPS) is 22.5. The van der Waals surface area contributed by atoms with Crippen molar-refractivity contribution in [1.29, 1.82) is 0 Å². The number of carbonyl (C=O) groups excluding carboxylic acids is 3. The van der Waals surface area contributed by atoms with E-state index in [1.54, 1.807) is 47.4 Å². The minimum atomic E-state index is -1.76. The summed E-state index contributed by atoms with van der Waals surface area (Å²) in [6, 6.07) is 11.9. The molecule has 0 aromatic heterocycles. The molecular weight excluding hydrogens is 450 g/mol. The topological polar surface area (TPSA) is 99.6 Å². The molecule has 1 saturated heterocycles. The number of carbonyl (C=O) groups is 3. The molecule has 3 aliphatic rings. The first-order chi connectivity index (χ1) is 16.8. The summed E-state index contributed by atoms with van der Waals surface area (Å²) in [6.45, 7) is 3.51. The Hall–Kier alpha value is -3.85. The molecule has 9 heteroatoms. The van der Waals surface area contributed by atoms with Gasteiger partial charge in [0.05, 0.1) is 11.3 Å². The van der Waals surface area contributed by atoms with Crippen LogP contribution in [0, 0.1) is 0 Å². The summed E-state index contributed by atoms with van der Waals surface area (Å²) in [5.74, 6) is -1.62. The third-order valence-corrected chi connectivity index (χ3v) is 6.71. The highest BCUT2D eigenvalue weighted by atomic mass is 16.6. The first-order valence-electron chi connectivity index (χ1n) is 11.6. The molecule has 0 aliphatic carbocycles. The van der Waals surface area contributed by atoms with Gasteiger partial charge in [-0.2, -0.15) is 0 Å². The van der Waals surface area contributed by atoms with Gasteiger partial charge in [0.1, 0.15) is 19.0 Å². The number of hydrogen-bond acceptors (Lipinski definition) is 7. The number of Topliss-reactive ketones (excluding diaryl/α,β-unsaturated/α-hetero) is 1. The van der Waals surface area contributed by atoms with Gasteiger partial charge >= 0.3 is 0 Å². The van der Waals surface area contributed by atoms with Gasteiger partial charge < -0.3 is 29.3 Å². The quantitative estimate of drug-likeness (QED) is 0.399. The number of ether oxygens (including phenoxy) is 2. The number of para-hydroxylation sites is 1. The summed E-state index contributed by atoms with van der Waals surface area (Å²) < 4.78 is 11.2. The van der Waals surface area contributed by atoms with E-state index in [-0.39, 0.29) is 17.7 Å². The molecule has 9 nitrogen and oxygen atoms in total. The van der Waals surface area contributed by atoms with E-state index >= 15 is 0 Å². The van der Waals surface area contributed by atoms with E-state index in [2.05, 4.69) is 0 Å². The van der Waals surface area contributed by atoms with Gasteiger partial charge in [-0.3, -0.25) is 14.4 Å². The zero-order valence-corrected chi connectivity index (χ0v) is 19.9. The number of hydrogen-bond donors (Lipinski definition) is 1. The average molecular weight is 478 g/mol. The van der Waals surface area contributed by atoms with Gasteiger partial charge in [0, 0.05) is 30.8 Å². The van der Waals surface area contributed by atoms with Crippen molar-refractivity contribution in [2.45, 2.75) is 12.5 Å². The number of anilines is 1. The van der Waals surface area contributed by atoms with Crippen LogP contribution in [0.1, 0.15) is 18.1 Å². The average Bonchev–Trinajstić information content (AvgIpc) is 3.24. The molecule has 2 aromatic rings. The van der Waals surface area contributed by atoms with Gasteiger partial charge in [-0.05, 0) is 45.3 Å². The van der Waals surface area contributed by atoms with Gasteiger partial charge in [0.25, 0.3) is 17.6 Å². The highest BCUT2D eigenvalue weighted by Crippen LogP contribution is 2.53. The Bertz CT molecular complexity index is 1270. The Kier molecular flexibility index (Phi) is 5.52. The molecule has 1 fully saturated rings. The molecule has 1 atom stereocenters. The zero-order chi connectivity index (χ0) is 24.9. The Morgan fingerprint density at radius 2 is 1.77 bits per heavy atom. The smallest absolute Gasteiger partial charge is 0.296 e. The van der Waals surface area contributed by atoms with Gasteiger partial charge in [-0.15, -0.1) is 0 Å². The second-order valence-electron chi connectivity index (χ2n) is 8.95. The van der Waals surface area contributed by atoms with E-state index in [9.17, 15) is 19.5 Å². The highest BCUT2D eigenvalue weighted by Gasteiger charge is 2.66. The second-order valence-corrected chi connectivity index (χ2v) is 8.95. The lowest BCUT2D eigenvalue weighted by Crippen LogP contribution is -2.53. The summed E-state index contributed by atoms with van der Waals surface area (Å²) in [7, 11) is 3.70. The number of rotatable bonds is 5. The van der Waals surface area contributed by atoms with E-state index in [0.29, 0.717) is 49.1 Å². The molecule has 1 spiro atoms. The fourth-order valence-electron chi connectivity index (χ4n) is 5.12. The van der Waals surface area contributed by atoms with Crippen molar-refractivity contribution in [2.75, 3.05) is 51.8 Å². The molecule has 0 bridgehead atoms. The molecule has 5 rings (SSSR count). The predicted molar refractivity (Wildman–Crippen MR) is 128 cm³/mol. The van der Waals surface area contributed by atoms with Gasteiger partial charge in [0.15, 0.2) is 17.0 Å². The Labute approximate surface area is 203 Å². The third-order valence-electron chi connectivity index (χ3n) is 6.71. The van der Waals surface area contributed by atoms with Crippen LogP contribution in [0.15, 0.2) is 48.0 Å². The lowest BCUT2D eigenvalue weighted by Gasteiger charge is -2.35. The SMILES string of the molecule is CCN1C(=O)C2(/C(=C(\O)c3ccc4c(c3)OCCO4)C(=O)C(=O)N2CCN(C)C)c2ccccc21. The van der Waals surface area contributed by atoms with Crippen molar-refractivity contribution < 1.29 is 29.0 Å². The van der Waals surface area contributed by atoms with Crippen molar-refractivity contribution >= 4 is 29.0 Å². The van der Waals surface area contributed by atoms with E-state index in [4.69, 9.17) is 9.47 Å². The van der Waals surface area contributed by atoms with E-state index in [1.165, 1.54) is 4.90 Å². The van der Waals surface area contributed by atoms with E-state index in [1.807, 2.05) is 25.9 Å². The van der Waals surface area contributed by atoms with Crippen LogP contribution in [0.4, 0.5) is 5.69 Å². The van der Waals surface area contributed by atoms with Crippen molar-refractivity contribution in [3.63, 3.8) is 0 Å². The highest BCUT2D eigenvalue weighted by molar-refractivity contribution is 6.50. The van der Waals surface area contributed by atoms with Crippen molar-refractivity contribution in [2.24, 2.45) is 0 Å². The molecule has 0 saturated carbocycles. The maximum atomic E-state index is 14.1. The largest absolute Gasteiger partial charge is 0.507 e. The summed E-state index contributed by atoms with van der Waals surface area (Å²) in [5.41, 5.74) is -0.603. The monoisotopic (exact) mass is 477 g/mol. The maximum Gasteiger partial charge on any atom is 0.296 e. The summed E-state index contributed by atoms with van der Waals surface area (Å²) in [6.07, 6.45) is 0. The van der Waals surface area contributed by atoms with Crippen LogP contribution in [-0.4, -0.2) is 79.4 Å². The van der Waals surface area contributed by atoms with Gasteiger partial charge in [-0.1, -0.05) is 18.2 Å². The number of fused-ring (bicyclic) bond motifs is 3. The Morgan fingerprint density at radius 3 is 2.49 bits per heavy atom. The van der Waals surface area contributed by atoms with Crippen molar-refractivity contribution in [3.05, 3.63) is 59.2 Å². The molecule has 3 aliphatic heterocycles. The van der Waals surface area contributed by atoms with Crippen molar-refractivity contribution in [1.82, 2.24) is 9.80 Å². The third kappa shape index (κ3) is 3.22. The first-order valence-corrected chi connectivity index (χ1v) is 11.6. The minimum Gasteiger partial charge on any atom is -0.507 e. The summed E-state index contributed by atoms with van der Waals surface area (Å²) in [5, 5.41) is 11.5. The first kappa shape index (κ1) is 22.9. The predicted octanol–water partition coefficient (Wildman–Crippen LogP) is 1.96. The van der Waals surface area contributed by atoms with Crippen LogP contribution in [0.2, 0.25) is 0 Å². The number of amides is 2. The number of likely N-dealkylation sites (N-methyl/N-ethyl adjacent to an activating group) is 2. The molecule has 182 valence electrons. The Balaban J connectivity index is 1.78. The lowest BCUT2D eigenvalue weighted by atomic mass is 9.82. The summed E-state index contributed by atoms with van der Waals surface area (Å²) in [4.78, 5) is 45.8. The molecule has 35 heavy (non-hydrogen) atoms. The van der Waals surface area contributed by atoms with Crippen LogP contribution in [0.5, 0.6) is 11.5 Å². The number of aliphatic hydroxyl groups is 1. The molecule has 2 aromatic carbocycles. The Morgan fingerprint density at radius 1 is 1.06 bits per heavy atom. The number of ketones is 1. The molecule has 3 heterocycles. The number of aliphatic hydroxyl groups excluding tert-OH is 1. The van der Waals surface area contributed by atoms with E-state index < -0.39 is 28.9 Å². The maximum absolute atomic E-state index is 14.1. The van der Waals surface area contributed by atoms with Crippen LogP contribution < -0.4 is 14.4 Å². The van der Waals surface area contributed by atoms with Crippen molar-refractivity contribution in [3.8, 4) is 11.5 Å². The molecular formula is C26H27N3O6. The van der Waals surface area contributed by atoms with Gasteiger partial charge in [-0.25, -0.2) is 0 Å². The fourth-order valence-corrected chi connectivity index (χ4v) is 5.12. The second kappa shape index (κ2) is 8.42. The minimum absolute atomic E-state index is 0.132. The van der Waals surface area contributed by atoms with Crippen LogP contribution >= 0.6 is 0 Å². The fraction of sp³-hybridized carbons (Fsp3) is 0.346. The van der Waals surface area contributed by atoms with E-state index in [0.717, 1.165) is 0 Å². The lowest BCUT2D eigenvalue weighted by molar-refractivity contribution is -0.143. The molecule has 1 N–H and O–H groups in total. The zero-order valence-electron chi connectivity index (χ0n) is 19.9. The van der Waals surface area contributed by atoms with Crippen LogP contribution in [0.25, 0.3) is 5.76 Å².